The number of hydrogen-bond acceptors (Lipinski definition) is 3. The standard InChI is InChI=1S/C14H18N2OS/c1-14(2,3)8-17-9-5-6-10-11(7-9)13(18-4)16-12(10)15/h5-7,15H,8H2,1-4H3. The lowest BCUT2D eigenvalue weighted by Crippen LogP contribution is -2.17. The highest BCUT2D eigenvalue weighted by Gasteiger charge is 2.21. The summed E-state index contributed by atoms with van der Waals surface area (Å²) in [4.78, 5) is 4.23. The zero-order chi connectivity index (χ0) is 13.3. The predicted octanol–water partition coefficient (Wildman–Crippen LogP) is 3.56. The minimum atomic E-state index is 0.141. The van der Waals surface area contributed by atoms with Crippen molar-refractivity contribution in [1.82, 2.24) is 0 Å². The maximum Gasteiger partial charge on any atom is 0.153 e. The molecule has 4 heteroatoms. The van der Waals surface area contributed by atoms with Crippen LogP contribution in [0, 0.1) is 10.8 Å². The highest BCUT2D eigenvalue weighted by molar-refractivity contribution is 8.13. The first-order valence-corrected chi connectivity index (χ1v) is 7.12. The molecule has 3 nitrogen and oxygen atoms in total. The van der Waals surface area contributed by atoms with E-state index >= 15 is 0 Å². The summed E-state index contributed by atoms with van der Waals surface area (Å²) >= 11 is 1.56. The van der Waals surface area contributed by atoms with E-state index in [1.807, 2.05) is 24.5 Å². The fourth-order valence-corrected chi connectivity index (χ4v) is 2.25. The highest BCUT2D eigenvalue weighted by Crippen LogP contribution is 2.28. The fourth-order valence-electron chi connectivity index (χ4n) is 1.67. The predicted molar refractivity (Wildman–Crippen MR) is 78.3 cm³/mol. The molecule has 1 aliphatic rings. The number of aliphatic imine (C=N–C) groups is 1. The molecule has 0 bridgehead atoms. The van der Waals surface area contributed by atoms with Crippen molar-refractivity contribution in [2.45, 2.75) is 20.8 Å². The smallest absolute Gasteiger partial charge is 0.153 e. The van der Waals surface area contributed by atoms with Crippen LogP contribution in [0.2, 0.25) is 0 Å². The average molecular weight is 262 g/mol. The summed E-state index contributed by atoms with van der Waals surface area (Å²) in [5, 5.41) is 8.69. The summed E-state index contributed by atoms with van der Waals surface area (Å²) in [7, 11) is 0. The Morgan fingerprint density at radius 3 is 2.61 bits per heavy atom. The highest BCUT2D eigenvalue weighted by atomic mass is 32.2. The van der Waals surface area contributed by atoms with Crippen LogP contribution in [0.5, 0.6) is 5.75 Å². The molecule has 0 aliphatic carbocycles. The average Bonchev–Trinajstić information content (AvgIpc) is 2.62. The van der Waals surface area contributed by atoms with Crippen LogP contribution in [0.4, 0.5) is 0 Å². The SMILES string of the molecule is CSC1=NC(=N)c2ccc(OCC(C)(C)C)cc21. The third-order valence-corrected chi connectivity index (χ3v) is 3.25. The number of benzene rings is 1. The van der Waals surface area contributed by atoms with E-state index < -0.39 is 0 Å². The molecule has 0 unspecified atom stereocenters. The quantitative estimate of drug-likeness (QED) is 0.885. The van der Waals surface area contributed by atoms with Crippen LogP contribution in [0.15, 0.2) is 23.2 Å². The molecular weight excluding hydrogens is 244 g/mol. The van der Waals surface area contributed by atoms with Crippen molar-refractivity contribution >= 4 is 22.6 Å². The number of nitrogens with one attached hydrogen (secondary N) is 1. The molecular formula is C14H18N2OS. The van der Waals surface area contributed by atoms with Crippen LogP contribution in [-0.4, -0.2) is 23.7 Å². The Hall–Kier alpha value is -1.29. The van der Waals surface area contributed by atoms with Crippen LogP contribution in [-0.2, 0) is 0 Å². The van der Waals surface area contributed by atoms with E-state index in [1.165, 1.54) is 0 Å². The van der Waals surface area contributed by atoms with E-state index in [1.54, 1.807) is 11.8 Å². The van der Waals surface area contributed by atoms with Gasteiger partial charge in [-0.3, -0.25) is 5.41 Å². The van der Waals surface area contributed by atoms with Crippen LogP contribution in [0.3, 0.4) is 0 Å². The van der Waals surface area contributed by atoms with Gasteiger partial charge in [-0.25, -0.2) is 4.99 Å². The Bertz CT molecular complexity index is 515. The van der Waals surface area contributed by atoms with Crippen LogP contribution < -0.4 is 4.74 Å². The van der Waals surface area contributed by atoms with Gasteiger partial charge in [-0.2, -0.15) is 0 Å². The molecule has 0 aromatic heterocycles. The second-order valence-electron chi connectivity index (χ2n) is 5.53. The third-order valence-electron chi connectivity index (χ3n) is 2.56. The van der Waals surface area contributed by atoms with Gasteiger partial charge in [0.05, 0.1) is 6.61 Å². The number of ether oxygens (including phenoxy) is 1. The van der Waals surface area contributed by atoms with Crippen molar-refractivity contribution in [3.8, 4) is 5.75 Å². The Balaban J connectivity index is 2.23. The van der Waals surface area contributed by atoms with E-state index in [0.29, 0.717) is 12.4 Å². The van der Waals surface area contributed by atoms with Gasteiger partial charge >= 0.3 is 0 Å². The topological polar surface area (TPSA) is 45.4 Å². The first-order valence-electron chi connectivity index (χ1n) is 5.89. The summed E-state index contributed by atoms with van der Waals surface area (Å²) in [5.41, 5.74) is 2.05. The van der Waals surface area contributed by atoms with Crippen molar-refractivity contribution in [2.24, 2.45) is 10.4 Å². The van der Waals surface area contributed by atoms with E-state index in [9.17, 15) is 0 Å². The Kier molecular flexibility index (Phi) is 3.48. The zero-order valence-corrected chi connectivity index (χ0v) is 12.0. The summed E-state index contributed by atoms with van der Waals surface area (Å²) in [6.07, 6.45) is 1.98. The normalized spacial score (nSPS) is 14.4. The molecule has 0 radical (unpaired) electrons. The molecule has 1 aromatic rings. The lowest BCUT2D eigenvalue weighted by molar-refractivity contribution is 0.198. The second-order valence-corrected chi connectivity index (χ2v) is 6.32. The molecule has 0 fully saturated rings. The Labute approximate surface area is 112 Å². The number of hydrogen-bond donors (Lipinski definition) is 1. The molecule has 0 saturated carbocycles. The minimum Gasteiger partial charge on any atom is -0.493 e. The summed E-state index contributed by atoms with van der Waals surface area (Å²) < 4.78 is 5.79. The largest absolute Gasteiger partial charge is 0.493 e. The summed E-state index contributed by atoms with van der Waals surface area (Å²) in [6, 6.07) is 5.82. The van der Waals surface area contributed by atoms with Crippen LogP contribution >= 0.6 is 11.8 Å². The van der Waals surface area contributed by atoms with Gasteiger partial charge in [-0.15, -0.1) is 11.8 Å². The lowest BCUT2D eigenvalue weighted by Gasteiger charge is -2.19. The van der Waals surface area contributed by atoms with Crippen LogP contribution in [0.25, 0.3) is 0 Å². The number of fused-ring (bicyclic) bond motifs is 1. The van der Waals surface area contributed by atoms with E-state index in [2.05, 4.69) is 25.8 Å². The molecule has 0 atom stereocenters. The molecule has 1 aliphatic heterocycles. The first kappa shape index (κ1) is 13.1. The van der Waals surface area contributed by atoms with Crippen LogP contribution in [0.1, 0.15) is 31.9 Å². The second kappa shape index (κ2) is 4.76. The molecule has 2 rings (SSSR count). The van der Waals surface area contributed by atoms with Gasteiger partial charge in [0.2, 0.25) is 0 Å². The van der Waals surface area contributed by atoms with Crippen molar-refractivity contribution in [3.05, 3.63) is 29.3 Å². The monoisotopic (exact) mass is 262 g/mol. The van der Waals surface area contributed by atoms with Gasteiger partial charge in [0.25, 0.3) is 0 Å². The zero-order valence-electron chi connectivity index (χ0n) is 11.2. The van der Waals surface area contributed by atoms with E-state index in [0.717, 1.165) is 21.9 Å². The van der Waals surface area contributed by atoms with Gasteiger partial charge in [0.1, 0.15) is 10.8 Å². The van der Waals surface area contributed by atoms with Crippen molar-refractivity contribution in [1.29, 1.82) is 5.41 Å². The molecule has 0 amide bonds. The Morgan fingerprint density at radius 1 is 1.28 bits per heavy atom. The summed E-state index contributed by atoms with van der Waals surface area (Å²) in [6.45, 7) is 7.11. The van der Waals surface area contributed by atoms with E-state index in [-0.39, 0.29) is 5.41 Å². The number of amidine groups is 1. The van der Waals surface area contributed by atoms with Gasteiger partial charge in [0, 0.05) is 11.1 Å². The number of nitrogens with zero attached hydrogens (tertiary/aromatic N) is 1. The fraction of sp³-hybridized carbons (Fsp3) is 0.429. The minimum absolute atomic E-state index is 0.141. The first-order chi connectivity index (χ1) is 8.40. The maximum absolute atomic E-state index is 7.79. The molecule has 0 spiro atoms. The molecule has 1 N–H and O–H groups in total. The van der Waals surface area contributed by atoms with Gasteiger partial charge in [0.15, 0.2) is 5.84 Å². The van der Waals surface area contributed by atoms with Crippen molar-refractivity contribution in [2.75, 3.05) is 12.9 Å². The molecule has 1 aromatic carbocycles. The molecule has 18 heavy (non-hydrogen) atoms. The van der Waals surface area contributed by atoms with Gasteiger partial charge in [-0.05, 0) is 29.9 Å². The molecule has 96 valence electrons. The lowest BCUT2D eigenvalue weighted by atomic mass is 9.99. The maximum atomic E-state index is 7.79. The van der Waals surface area contributed by atoms with Crippen molar-refractivity contribution in [3.63, 3.8) is 0 Å². The van der Waals surface area contributed by atoms with Gasteiger partial charge in [-0.1, -0.05) is 20.8 Å². The number of thioether (sulfide) groups is 1. The van der Waals surface area contributed by atoms with Gasteiger partial charge < -0.3 is 4.74 Å². The van der Waals surface area contributed by atoms with E-state index in [4.69, 9.17) is 10.1 Å². The van der Waals surface area contributed by atoms with Crippen molar-refractivity contribution < 1.29 is 4.74 Å². The Morgan fingerprint density at radius 2 is 2.00 bits per heavy atom. The number of rotatable bonds is 2. The summed E-state index contributed by atoms with van der Waals surface area (Å²) in [5.74, 6) is 1.19. The molecule has 1 heterocycles. The third kappa shape index (κ3) is 2.75. The molecule has 0 saturated heterocycles.